The summed E-state index contributed by atoms with van der Waals surface area (Å²) >= 11 is 0. The molecule has 0 amide bonds. The minimum atomic E-state index is 0.270. The molecule has 0 aliphatic heterocycles. The quantitative estimate of drug-likeness (QED) is 0.633. The van der Waals surface area contributed by atoms with Crippen molar-refractivity contribution in [2.24, 2.45) is 10.8 Å². The minimum absolute atomic E-state index is 0.270. The van der Waals surface area contributed by atoms with E-state index in [9.17, 15) is 0 Å². The van der Waals surface area contributed by atoms with Gasteiger partial charge in [0.1, 0.15) is 0 Å². The Labute approximate surface area is 95.3 Å². The van der Waals surface area contributed by atoms with Crippen molar-refractivity contribution in [3.05, 3.63) is 0 Å². The highest BCUT2D eigenvalue weighted by atomic mass is 16.5. The number of hydrogen-bond acceptors (Lipinski definition) is 2. The minimum Gasteiger partial charge on any atom is -0.381 e. The van der Waals surface area contributed by atoms with Crippen LogP contribution in [0.1, 0.15) is 48.0 Å². The summed E-state index contributed by atoms with van der Waals surface area (Å²) in [5.41, 5.74) is 0.540. The van der Waals surface area contributed by atoms with Crippen molar-refractivity contribution < 1.29 is 9.47 Å². The molecule has 15 heavy (non-hydrogen) atoms. The molecule has 0 saturated carbocycles. The molecule has 0 bridgehead atoms. The summed E-state index contributed by atoms with van der Waals surface area (Å²) in [4.78, 5) is 0. The number of ether oxygens (including phenoxy) is 2. The van der Waals surface area contributed by atoms with Crippen LogP contribution in [0.2, 0.25) is 0 Å². The summed E-state index contributed by atoms with van der Waals surface area (Å²) in [5.74, 6) is 0. The Hall–Kier alpha value is -0.0800. The maximum absolute atomic E-state index is 5.55. The molecule has 2 heteroatoms. The van der Waals surface area contributed by atoms with E-state index in [0.29, 0.717) is 0 Å². The predicted octanol–water partition coefficient (Wildman–Crippen LogP) is 3.50. The highest BCUT2D eigenvalue weighted by Gasteiger charge is 2.10. The molecule has 0 radical (unpaired) electrons. The van der Waals surface area contributed by atoms with Gasteiger partial charge in [-0.05, 0) is 17.3 Å². The molecule has 0 spiro atoms. The van der Waals surface area contributed by atoms with Gasteiger partial charge in [0.25, 0.3) is 0 Å². The lowest BCUT2D eigenvalue weighted by Gasteiger charge is -2.19. The lowest BCUT2D eigenvalue weighted by atomic mass is 9.99. The maximum Gasteiger partial charge on any atom is 0.0514 e. The topological polar surface area (TPSA) is 18.5 Å². The van der Waals surface area contributed by atoms with Crippen LogP contribution in [0, 0.1) is 10.8 Å². The molecule has 2 nitrogen and oxygen atoms in total. The van der Waals surface area contributed by atoms with Gasteiger partial charge in [-0.15, -0.1) is 0 Å². The second-order valence-corrected chi connectivity index (χ2v) is 6.58. The highest BCUT2D eigenvalue weighted by molar-refractivity contribution is 4.59. The monoisotopic (exact) mass is 216 g/mol. The van der Waals surface area contributed by atoms with E-state index >= 15 is 0 Å². The van der Waals surface area contributed by atoms with Gasteiger partial charge in [-0.3, -0.25) is 0 Å². The average molecular weight is 216 g/mol. The third-order valence-corrected chi connectivity index (χ3v) is 1.65. The fraction of sp³-hybridized carbons (Fsp3) is 1.00. The largest absolute Gasteiger partial charge is 0.381 e. The summed E-state index contributed by atoms with van der Waals surface area (Å²) < 4.78 is 11.1. The van der Waals surface area contributed by atoms with Gasteiger partial charge in [-0.2, -0.15) is 0 Å². The van der Waals surface area contributed by atoms with E-state index in [2.05, 4.69) is 41.5 Å². The van der Waals surface area contributed by atoms with Gasteiger partial charge in [0.05, 0.1) is 13.2 Å². The summed E-state index contributed by atoms with van der Waals surface area (Å²) in [6, 6.07) is 0. The van der Waals surface area contributed by atoms with Crippen LogP contribution in [-0.4, -0.2) is 26.4 Å². The van der Waals surface area contributed by atoms with Crippen LogP contribution in [0.4, 0.5) is 0 Å². The Morgan fingerprint density at radius 2 is 1.00 bits per heavy atom. The number of hydrogen-bond donors (Lipinski definition) is 0. The standard InChI is InChI=1S/C13H28O2/c1-12(2,3)10-14-8-7-9-15-11-13(4,5)6/h7-11H2,1-6H3. The van der Waals surface area contributed by atoms with E-state index in [1.54, 1.807) is 0 Å². The van der Waals surface area contributed by atoms with E-state index in [0.717, 1.165) is 32.8 Å². The van der Waals surface area contributed by atoms with Crippen LogP contribution >= 0.6 is 0 Å². The van der Waals surface area contributed by atoms with Gasteiger partial charge in [0.2, 0.25) is 0 Å². The normalized spacial score (nSPS) is 13.2. The molecule has 0 aromatic carbocycles. The Morgan fingerprint density at radius 3 is 1.27 bits per heavy atom. The number of rotatable bonds is 6. The molecule has 0 N–H and O–H groups in total. The fourth-order valence-corrected chi connectivity index (χ4v) is 1.02. The SMILES string of the molecule is CC(C)(C)COCCCOCC(C)(C)C. The van der Waals surface area contributed by atoms with Crippen LogP contribution in [0.5, 0.6) is 0 Å². The van der Waals surface area contributed by atoms with Gasteiger partial charge in [-0.1, -0.05) is 41.5 Å². The van der Waals surface area contributed by atoms with Crippen molar-refractivity contribution in [2.45, 2.75) is 48.0 Å². The third-order valence-electron chi connectivity index (χ3n) is 1.65. The summed E-state index contributed by atoms with van der Waals surface area (Å²) in [6.07, 6.45) is 0.992. The molecule has 0 aromatic heterocycles. The molecule has 0 aromatic rings. The zero-order valence-corrected chi connectivity index (χ0v) is 11.4. The molecule has 92 valence electrons. The van der Waals surface area contributed by atoms with Crippen LogP contribution in [0.15, 0.2) is 0 Å². The van der Waals surface area contributed by atoms with Crippen LogP contribution in [-0.2, 0) is 9.47 Å². The molecular weight excluding hydrogens is 188 g/mol. The van der Waals surface area contributed by atoms with Crippen molar-refractivity contribution in [1.29, 1.82) is 0 Å². The molecule has 0 aliphatic rings. The van der Waals surface area contributed by atoms with Crippen LogP contribution in [0.3, 0.4) is 0 Å². The van der Waals surface area contributed by atoms with Gasteiger partial charge >= 0.3 is 0 Å². The molecule has 0 atom stereocenters. The third kappa shape index (κ3) is 13.9. The first-order valence-corrected chi connectivity index (χ1v) is 5.86. The second kappa shape index (κ2) is 6.49. The van der Waals surface area contributed by atoms with Gasteiger partial charge in [0.15, 0.2) is 0 Å². The lowest BCUT2D eigenvalue weighted by molar-refractivity contribution is 0.0315. The first-order chi connectivity index (χ1) is 6.71. The first kappa shape index (κ1) is 14.9. The Balaban J connectivity index is 3.20. The highest BCUT2D eigenvalue weighted by Crippen LogP contribution is 2.14. The summed E-state index contributed by atoms with van der Waals surface area (Å²) in [5, 5.41) is 0. The Morgan fingerprint density at radius 1 is 0.667 bits per heavy atom. The van der Waals surface area contributed by atoms with Crippen molar-refractivity contribution in [2.75, 3.05) is 26.4 Å². The van der Waals surface area contributed by atoms with Crippen molar-refractivity contribution in [3.63, 3.8) is 0 Å². The van der Waals surface area contributed by atoms with E-state index in [1.807, 2.05) is 0 Å². The molecule has 0 fully saturated rings. The van der Waals surface area contributed by atoms with Crippen LogP contribution < -0.4 is 0 Å². The lowest BCUT2D eigenvalue weighted by Crippen LogP contribution is -2.17. The molecule has 0 heterocycles. The Bertz CT molecular complexity index is 133. The van der Waals surface area contributed by atoms with Crippen LogP contribution in [0.25, 0.3) is 0 Å². The van der Waals surface area contributed by atoms with Gasteiger partial charge in [0, 0.05) is 13.2 Å². The van der Waals surface area contributed by atoms with E-state index in [4.69, 9.17) is 9.47 Å². The summed E-state index contributed by atoms with van der Waals surface area (Å²) in [6.45, 7) is 16.4. The van der Waals surface area contributed by atoms with Crippen molar-refractivity contribution in [3.8, 4) is 0 Å². The first-order valence-electron chi connectivity index (χ1n) is 5.86. The second-order valence-electron chi connectivity index (χ2n) is 6.58. The molecule has 0 unspecified atom stereocenters. The van der Waals surface area contributed by atoms with E-state index in [1.165, 1.54) is 0 Å². The van der Waals surface area contributed by atoms with E-state index in [-0.39, 0.29) is 10.8 Å². The average Bonchev–Trinajstić information content (AvgIpc) is 1.98. The fourth-order valence-electron chi connectivity index (χ4n) is 1.02. The van der Waals surface area contributed by atoms with E-state index < -0.39 is 0 Å². The van der Waals surface area contributed by atoms with Crippen molar-refractivity contribution in [1.82, 2.24) is 0 Å². The maximum atomic E-state index is 5.55. The Kier molecular flexibility index (Phi) is 6.46. The smallest absolute Gasteiger partial charge is 0.0514 e. The zero-order valence-electron chi connectivity index (χ0n) is 11.4. The van der Waals surface area contributed by atoms with Crippen molar-refractivity contribution >= 4 is 0 Å². The molecule has 0 aliphatic carbocycles. The molecule has 0 saturated heterocycles. The molecular formula is C13H28O2. The predicted molar refractivity (Wildman–Crippen MR) is 65.2 cm³/mol. The molecule has 0 rings (SSSR count). The zero-order chi connectivity index (χ0) is 11.9. The van der Waals surface area contributed by atoms with Gasteiger partial charge in [-0.25, -0.2) is 0 Å². The summed E-state index contributed by atoms with van der Waals surface area (Å²) in [7, 11) is 0. The van der Waals surface area contributed by atoms with Gasteiger partial charge < -0.3 is 9.47 Å².